The standard InChI is InChI=1S/C29H29F2N3O4S/c1-16-5-3-6-18(11-16)26-24(33-17(2)39-26)28(36)34-15-19-12-29(30,31)13-21(19)22(34)14-32-27(35)20-7-4-8-23-25(20)38-10-9-37-23/h3-8,11,19,21-22H,9-10,12-15H2,1-2H3,(H,32,35)/t19-,21-,22+/m0/s1. The maximum atomic E-state index is 14.4. The van der Waals surface area contributed by atoms with Gasteiger partial charge in [-0.25, -0.2) is 13.8 Å². The Hall–Kier alpha value is -3.53. The summed E-state index contributed by atoms with van der Waals surface area (Å²) in [4.78, 5) is 34.2. The number of hydrogen-bond donors (Lipinski definition) is 1. The van der Waals surface area contributed by atoms with E-state index >= 15 is 0 Å². The van der Waals surface area contributed by atoms with E-state index in [1.165, 1.54) is 11.3 Å². The maximum Gasteiger partial charge on any atom is 0.274 e. The summed E-state index contributed by atoms with van der Waals surface area (Å²) >= 11 is 1.44. The first-order valence-corrected chi connectivity index (χ1v) is 13.9. The molecule has 1 aromatic heterocycles. The third-order valence-corrected chi connectivity index (χ3v) is 8.81. The Bertz CT molecular complexity index is 1440. The lowest BCUT2D eigenvalue weighted by Crippen LogP contribution is -2.46. The molecular formula is C29H29F2N3O4S. The van der Waals surface area contributed by atoms with Gasteiger partial charge in [0.15, 0.2) is 11.5 Å². The molecule has 0 bridgehead atoms. The van der Waals surface area contributed by atoms with Crippen molar-refractivity contribution >= 4 is 23.2 Å². The fraction of sp³-hybridized carbons (Fsp3) is 0.414. The second-order valence-electron chi connectivity index (χ2n) is 10.5. The molecule has 3 aliphatic rings. The second kappa shape index (κ2) is 9.89. The number of nitrogens with zero attached hydrogens (tertiary/aromatic N) is 2. The average Bonchev–Trinajstić information content (AvgIpc) is 3.55. The molecule has 0 unspecified atom stereocenters. The monoisotopic (exact) mass is 553 g/mol. The van der Waals surface area contributed by atoms with Gasteiger partial charge in [-0.2, -0.15) is 0 Å². The molecule has 0 spiro atoms. The Kier molecular flexibility index (Phi) is 6.53. The largest absolute Gasteiger partial charge is 0.486 e. The van der Waals surface area contributed by atoms with Crippen LogP contribution in [0.25, 0.3) is 10.4 Å². The fourth-order valence-electron chi connectivity index (χ4n) is 6.13. The molecule has 1 N–H and O–H groups in total. The first-order valence-electron chi connectivity index (χ1n) is 13.1. The molecule has 3 atom stereocenters. The number of likely N-dealkylation sites (tertiary alicyclic amines) is 1. The number of ether oxygens (including phenoxy) is 2. The summed E-state index contributed by atoms with van der Waals surface area (Å²) in [6, 6.07) is 12.4. The topological polar surface area (TPSA) is 80.8 Å². The van der Waals surface area contributed by atoms with Crippen molar-refractivity contribution < 1.29 is 27.8 Å². The number of halogens is 2. The smallest absolute Gasteiger partial charge is 0.274 e. The molecule has 3 aromatic rings. The number of rotatable bonds is 5. The number of aryl methyl sites for hydroxylation is 2. The van der Waals surface area contributed by atoms with Gasteiger partial charge in [-0.1, -0.05) is 35.9 Å². The summed E-state index contributed by atoms with van der Waals surface area (Å²) in [6.07, 6.45) is -0.565. The predicted molar refractivity (Wildman–Crippen MR) is 143 cm³/mol. The number of hydrogen-bond acceptors (Lipinski definition) is 6. The van der Waals surface area contributed by atoms with Crippen LogP contribution in [0.3, 0.4) is 0 Å². The Balaban J connectivity index is 1.28. The lowest BCUT2D eigenvalue weighted by molar-refractivity contribution is -0.00609. The summed E-state index contributed by atoms with van der Waals surface area (Å²) in [6.45, 7) is 4.83. The Morgan fingerprint density at radius 2 is 1.92 bits per heavy atom. The van der Waals surface area contributed by atoms with Crippen LogP contribution in [0.1, 0.15) is 44.3 Å². The van der Waals surface area contributed by atoms with Crippen LogP contribution in [-0.4, -0.2) is 60.0 Å². The van der Waals surface area contributed by atoms with Crippen molar-refractivity contribution in [1.29, 1.82) is 0 Å². The molecule has 10 heteroatoms. The van der Waals surface area contributed by atoms with Crippen molar-refractivity contribution in [3.63, 3.8) is 0 Å². The van der Waals surface area contributed by atoms with E-state index in [0.717, 1.165) is 21.0 Å². The SMILES string of the molecule is Cc1cccc(-c2sc(C)nc2C(=O)N2C[C@@H]3CC(F)(F)C[C@@H]3[C@H]2CNC(=O)c2cccc3c2OCCO3)c1. The highest BCUT2D eigenvalue weighted by atomic mass is 32.1. The lowest BCUT2D eigenvalue weighted by Gasteiger charge is -2.29. The number of thiazole rings is 1. The Morgan fingerprint density at radius 1 is 1.13 bits per heavy atom. The molecule has 1 aliphatic carbocycles. The zero-order valence-corrected chi connectivity index (χ0v) is 22.5. The fourth-order valence-corrected chi connectivity index (χ4v) is 7.04. The van der Waals surface area contributed by atoms with E-state index in [1.54, 1.807) is 23.1 Å². The van der Waals surface area contributed by atoms with Crippen LogP contribution in [0.5, 0.6) is 11.5 Å². The number of carbonyl (C=O) groups is 2. The van der Waals surface area contributed by atoms with Gasteiger partial charge in [0.05, 0.1) is 21.5 Å². The first kappa shape index (κ1) is 25.7. The van der Waals surface area contributed by atoms with E-state index in [0.29, 0.717) is 36.0 Å². The maximum absolute atomic E-state index is 14.4. The van der Waals surface area contributed by atoms with Crippen LogP contribution in [0.15, 0.2) is 42.5 Å². The zero-order valence-electron chi connectivity index (χ0n) is 21.7. The summed E-state index contributed by atoms with van der Waals surface area (Å²) < 4.78 is 40.1. The van der Waals surface area contributed by atoms with Crippen LogP contribution in [-0.2, 0) is 0 Å². The van der Waals surface area contributed by atoms with E-state index in [2.05, 4.69) is 10.3 Å². The quantitative estimate of drug-likeness (QED) is 0.475. The van der Waals surface area contributed by atoms with Gasteiger partial charge in [-0.05, 0) is 43.4 Å². The first-order chi connectivity index (χ1) is 18.7. The zero-order chi connectivity index (χ0) is 27.3. The van der Waals surface area contributed by atoms with Crippen LogP contribution < -0.4 is 14.8 Å². The second-order valence-corrected chi connectivity index (χ2v) is 11.7. The van der Waals surface area contributed by atoms with Gasteiger partial charge in [0.25, 0.3) is 11.8 Å². The summed E-state index contributed by atoms with van der Waals surface area (Å²) in [5, 5.41) is 3.65. The van der Waals surface area contributed by atoms with Crippen LogP contribution in [0.2, 0.25) is 0 Å². The van der Waals surface area contributed by atoms with Gasteiger partial charge in [0.1, 0.15) is 18.9 Å². The van der Waals surface area contributed by atoms with Gasteiger partial charge in [0.2, 0.25) is 5.92 Å². The van der Waals surface area contributed by atoms with Gasteiger partial charge >= 0.3 is 0 Å². The number of para-hydroxylation sites is 1. The molecule has 0 radical (unpaired) electrons. The molecule has 39 heavy (non-hydrogen) atoms. The minimum absolute atomic E-state index is 0.0508. The number of alkyl halides is 2. The van der Waals surface area contributed by atoms with Crippen LogP contribution in [0, 0.1) is 25.7 Å². The van der Waals surface area contributed by atoms with Crippen molar-refractivity contribution in [1.82, 2.24) is 15.2 Å². The van der Waals surface area contributed by atoms with Crippen molar-refractivity contribution in [2.75, 3.05) is 26.3 Å². The molecule has 1 saturated carbocycles. The number of benzene rings is 2. The minimum atomic E-state index is -2.78. The van der Waals surface area contributed by atoms with E-state index in [-0.39, 0.29) is 37.8 Å². The minimum Gasteiger partial charge on any atom is -0.486 e. The highest BCUT2D eigenvalue weighted by Crippen LogP contribution is 2.50. The molecule has 1 saturated heterocycles. The molecular weight excluding hydrogens is 524 g/mol. The molecule has 2 amide bonds. The van der Waals surface area contributed by atoms with E-state index in [1.807, 2.05) is 38.1 Å². The average molecular weight is 554 g/mol. The molecule has 2 fully saturated rings. The summed E-state index contributed by atoms with van der Waals surface area (Å²) in [5.74, 6) is -3.37. The van der Waals surface area contributed by atoms with E-state index < -0.39 is 23.8 Å². The molecule has 6 rings (SSSR count). The van der Waals surface area contributed by atoms with Gasteiger partial charge in [-0.3, -0.25) is 9.59 Å². The number of aromatic nitrogens is 1. The molecule has 7 nitrogen and oxygen atoms in total. The number of amides is 2. The number of nitrogens with one attached hydrogen (secondary N) is 1. The molecule has 204 valence electrons. The van der Waals surface area contributed by atoms with Crippen molar-refractivity contribution in [3.8, 4) is 21.9 Å². The molecule has 2 aromatic carbocycles. The highest BCUT2D eigenvalue weighted by Gasteiger charge is 2.56. The van der Waals surface area contributed by atoms with E-state index in [9.17, 15) is 18.4 Å². The van der Waals surface area contributed by atoms with Crippen molar-refractivity contribution in [3.05, 3.63) is 64.3 Å². The molecule has 3 heterocycles. The van der Waals surface area contributed by atoms with Gasteiger partial charge in [-0.15, -0.1) is 11.3 Å². The van der Waals surface area contributed by atoms with Gasteiger partial charge in [0, 0.05) is 25.9 Å². The molecule has 2 aliphatic heterocycles. The lowest BCUT2D eigenvalue weighted by atomic mass is 9.94. The summed E-state index contributed by atoms with van der Waals surface area (Å²) in [7, 11) is 0. The summed E-state index contributed by atoms with van der Waals surface area (Å²) in [5.41, 5.74) is 2.60. The number of carbonyl (C=O) groups excluding carboxylic acids is 2. The van der Waals surface area contributed by atoms with E-state index in [4.69, 9.17) is 9.47 Å². The predicted octanol–water partition coefficient (Wildman–Crippen LogP) is 5.11. The Labute approximate surface area is 229 Å². The van der Waals surface area contributed by atoms with Crippen LogP contribution >= 0.6 is 11.3 Å². The van der Waals surface area contributed by atoms with Gasteiger partial charge < -0.3 is 19.7 Å². The third-order valence-electron chi connectivity index (χ3n) is 7.79. The third kappa shape index (κ3) is 4.86. The highest BCUT2D eigenvalue weighted by molar-refractivity contribution is 7.15. The van der Waals surface area contributed by atoms with Crippen molar-refractivity contribution in [2.24, 2.45) is 11.8 Å². The van der Waals surface area contributed by atoms with Crippen molar-refractivity contribution in [2.45, 2.75) is 38.7 Å². The number of fused-ring (bicyclic) bond motifs is 2. The normalized spacial score (nSPS) is 23.0. The Morgan fingerprint density at radius 3 is 2.74 bits per heavy atom. The van der Waals surface area contributed by atoms with Crippen LogP contribution in [0.4, 0.5) is 8.78 Å².